The minimum absolute atomic E-state index is 0.139. The zero-order chi connectivity index (χ0) is 20.6. The highest BCUT2D eigenvalue weighted by atomic mass is 16.2. The minimum Gasteiger partial charge on any atom is -0.360 e. The lowest BCUT2D eigenvalue weighted by molar-refractivity contribution is -0.128. The molecule has 29 heavy (non-hydrogen) atoms. The number of anilines is 1. The number of para-hydroxylation sites is 1. The maximum atomic E-state index is 12.8. The highest BCUT2D eigenvalue weighted by Gasteiger charge is 2.23. The molecule has 1 amide bonds. The summed E-state index contributed by atoms with van der Waals surface area (Å²) in [6, 6.07) is 20.4. The van der Waals surface area contributed by atoms with Crippen molar-refractivity contribution in [3.8, 4) is 6.07 Å². The third-order valence-corrected chi connectivity index (χ3v) is 5.21. The normalized spacial score (nSPS) is 15.2. The quantitative estimate of drug-likeness (QED) is 0.601. The van der Waals surface area contributed by atoms with Gasteiger partial charge in [-0.1, -0.05) is 62.4 Å². The maximum absolute atomic E-state index is 12.8. The number of hydrogen-bond donors (Lipinski definition) is 1. The maximum Gasteiger partial charge on any atom is 0.266 e. The Morgan fingerprint density at radius 2 is 1.72 bits per heavy atom. The van der Waals surface area contributed by atoms with Gasteiger partial charge in [-0.05, 0) is 23.1 Å². The molecule has 150 valence electrons. The molecule has 0 saturated carbocycles. The molecule has 1 N–H and O–H groups in total. The van der Waals surface area contributed by atoms with Crippen molar-refractivity contribution in [2.24, 2.45) is 0 Å². The monoisotopic (exact) mass is 388 g/mol. The second kappa shape index (κ2) is 9.90. The first kappa shape index (κ1) is 20.6. The van der Waals surface area contributed by atoms with Crippen LogP contribution in [0.1, 0.15) is 30.9 Å². The Balaban J connectivity index is 1.59. The number of benzene rings is 2. The van der Waals surface area contributed by atoms with E-state index >= 15 is 0 Å². The first-order valence-electron chi connectivity index (χ1n) is 10.1. The van der Waals surface area contributed by atoms with Gasteiger partial charge in [0.25, 0.3) is 5.91 Å². The topological polar surface area (TPSA) is 59.4 Å². The Morgan fingerprint density at radius 3 is 2.38 bits per heavy atom. The number of nitrogens with zero attached hydrogens (tertiary/aromatic N) is 3. The molecule has 0 unspecified atom stereocenters. The van der Waals surface area contributed by atoms with Crippen molar-refractivity contribution in [3.05, 3.63) is 77.5 Å². The van der Waals surface area contributed by atoms with Crippen LogP contribution in [0.5, 0.6) is 0 Å². The molecule has 2 aromatic rings. The van der Waals surface area contributed by atoms with Gasteiger partial charge in [-0.25, -0.2) is 0 Å². The van der Waals surface area contributed by atoms with E-state index in [1.165, 1.54) is 5.56 Å². The summed E-state index contributed by atoms with van der Waals surface area (Å²) in [5.74, 6) is 0.146. The van der Waals surface area contributed by atoms with Crippen LogP contribution in [0.15, 0.2) is 66.4 Å². The van der Waals surface area contributed by atoms with Crippen molar-refractivity contribution in [2.75, 3.05) is 31.5 Å². The van der Waals surface area contributed by atoms with E-state index in [1.54, 1.807) is 11.1 Å². The molecule has 0 aromatic heterocycles. The zero-order valence-electron chi connectivity index (χ0n) is 17.1. The van der Waals surface area contributed by atoms with Crippen LogP contribution < -0.4 is 5.32 Å². The van der Waals surface area contributed by atoms with Crippen molar-refractivity contribution in [2.45, 2.75) is 26.3 Å². The van der Waals surface area contributed by atoms with Crippen LogP contribution in [0.2, 0.25) is 0 Å². The average Bonchev–Trinajstić information content (AvgIpc) is 2.75. The fourth-order valence-corrected chi connectivity index (χ4v) is 3.54. The number of rotatable bonds is 6. The summed E-state index contributed by atoms with van der Waals surface area (Å²) in [5, 5.41) is 12.7. The van der Waals surface area contributed by atoms with E-state index in [0.29, 0.717) is 19.0 Å². The van der Waals surface area contributed by atoms with Crippen molar-refractivity contribution in [1.29, 1.82) is 5.26 Å². The summed E-state index contributed by atoms with van der Waals surface area (Å²) in [6.45, 7) is 8.01. The Kier molecular flexibility index (Phi) is 7.04. The number of amides is 1. The molecule has 0 spiro atoms. The van der Waals surface area contributed by atoms with Crippen molar-refractivity contribution >= 4 is 11.6 Å². The second-order valence-electron chi connectivity index (χ2n) is 7.61. The third kappa shape index (κ3) is 5.46. The molecule has 2 aromatic carbocycles. The molecule has 0 radical (unpaired) electrons. The molecule has 0 bridgehead atoms. The van der Waals surface area contributed by atoms with E-state index in [2.05, 4.69) is 48.3 Å². The molecule has 5 heteroatoms. The number of piperazine rings is 1. The highest BCUT2D eigenvalue weighted by molar-refractivity contribution is 5.97. The van der Waals surface area contributed by atoms with E-state index in [9.17, 15) is 10.1 Å². The number of hydrogen-bond acceptors (Lipinski definition) is 4. The van der Waals surface area contributed by atoms with Gasteiger partial charge in [0.05, 0.1) is 0 Å². The van der Waals surface area contributed by atoms with Crippen LogP contribution in [0, 0.1) is 11.3 Å². The van der Waals surface area contributed by atoms with Crippen LogP contribution in [0.25, 0.3) is 0 Å². The fraction of sp³-hybridized carbons (Fsp3) is 0.333. The molecule has 0 aliphatic carbocycles. The van der Waals surface area contributed by atoms with Crippen LogP contribution in [-0.2, 0) is 11.3 Å². The summed E-state index contributed by atoms with van der Waals surface area (Å²) < 4.78 is 0. The smallest absolute Gasteiger partial charge is 0.266 e. The van der Waals surface area contributed by atoms with E-state index in [1.807, 2.05) is 36.4 Å². The van der Waals surface area contributed by atoms with Gasteiger partial charge in [0.1, 0.15) is 11.6 Å². The Hall–Kier alpha value is -3.10. The largest absolute Gasteiger partial charge is 0.360 e. The fourth-order valence-electron chi connectivity index (χ4n) is 3.54. The average molecular weight is 389 g/mol. The zero-order valence-corrected chi connectivity index (χ0v) is 17.1. The van der Waals surface area contributed by atoms with Gasteiger partial charge >= 0.3 is 0 Å². The lowest BCUT2D eigenvalue weighted by Crippen LogP contribution is -2.48. The molecule has 0 atom stereocenters. The van der Waals surface area contributed by atoms with Gasteiger partial charge in [-0.3, -0.25) is 9.69 Å². The van der Waals surface area contributed by atoms with Crippen LogP contribution in [0.4, 0.5) is 5.69 Å². The summed E-state index contributed by atoms with van der Waals surface area (Å²) in [7, 11) is 0. The predicted molar refractivity (Wildman–Crippen MR) is 116 cm³/mol. The van der Waals surface area contributed by atoms with E-state index in [4.69, 9.17) is 0 Å². The summed E-state index contributed by atoms with van der Waals surface area (Å²) in [6.07, 6.45) is 1.54. The number of nitrogens with one attached hydrogen (secondary N) is 1. The van der Waals surface area contributed by atoms with Gasteiger partial charge in [-0.2, -0.15) is 5.26 Å². The van der Waals surface area contributed by atoms with Crippen LogP contribution in [0.3, 0.4) is 0 Å². The van der Waals surface area contributed by atoms with Gasteiger partial charge in [-0.15, -0.1) is 0 Å². The highest BCUT2D eigenvalue weighted by Crippen LogP contribution is 2.24. The number of carbonyl (C=O) groups is 1. The molecule has 1 aliphatic rings. The van der Waals surface area contributed by atoms with E-state index in [0.717, 1.165) is 30.9 Å². The molecule has 1 heterocycles. The molecular weight excluding hydrogens is 360 g/mol. The molecule has 3 rings (SSSR count). The Morgan fingerprint density at radius 1 is 1.07 bits per heavy atom. The lowest BCUT2D eigenvalue weighted by Gasteiger charge is -2.34. The Bertz CT molecular complexity index is 891. The predicted octanol–water partition coefficient (Wildman–Crippen LogP) is 3.97. The summed E-state index contributed by atoms with van der Waals surface area (Å²) in [5.41, 5.74) is 3.50. The Labute approximate surface area is 173 Å². The molecule has 1 aliphatic heterocycles. The van der Waals surface area contributed by atoms with E-state index < -0.39 is 0 Å². The minimum atomic E-state index is -0.207. The lowest BCUT2D eigenvalue weighted by atomic mass is 10.0. The van der Waals surface area contributed by atoms with Crippen LogP contribution in [-0.4, -0.2) is 41.9 Å². The third-order valence-electron chi connectivity index (χ3n) is 5.21. The first-order chi connectivity index (χ1) is 14.1. The number of nitriles is 1. The number of carbonyl (C=O) groups excluding carboxylic acids is 1. The van der Waals surface area contributed by atoms with E-state index in [-0.39, 0.29) is 11.5 Å². The van der Waals surface area contributed by atoms with Gasteiger partial charge in [0.15, 0.2) is 0 Å². The van der Waals surface area contributed by atoms with Crippen molar-refractivity contribution in [1.82, 2.24) is 9.80 Å². The molecular formula is C24H28N4O. The van der Waals surface area contributed by atoms with Crippen molar-refractivity contribution < 1.29 is 4.79 Å². The SMILES string of the molecule is CC(C)c1ccccc1N/C=C(/C#N)C(=O)N1CCN(Cc2ccccc2)CC1. The summed E-state index contributed by atoms with van der Waals surface area (Å²) in [4.78, 5) is 16.9. The van der Waals surface area contributed by atoms with Crippen molar-refractivity contribution in [3.63, 3.8) is 0 Å². The van der Waals surface area contributed by atoms with Gasteiger partial charge < -0.3 is 10.2 Å². The standard InChI is InChI=1S/C24H28N4O/c1-19(2)22-10-6-7-11-23(22)26-17-21(16-25)24(29)28-14-12-27(13-15-28)18-20-8-4-3-5-9-20/h3-11,17,19,26H,12-15,18H2,1-2H3/b21-17-. The second-order valence-corrected chi connectivity index (χ2v) is 7.61. The first-order valence-corrected chi connectivity index (χ1v) is 10.1. The van der Waals surface area contributed by atoms with Gasteiger partial charge in [0.2, 0.25) is 0 Å². The molecule has 5 nitrogen and oxygen atoms in total. The summed E-state index contributed by atoms with van der Waals surface area (Å²) >= 11 is 0. The van der Waals surface area contributed by atoms with Crippen LogP contribution >= 0.6 is 0 Å². The molecule has 1 saturated heterocycles. The molecule has 1 fully saturated rings. The van der Waals surface area contributed by atoms with Gasteiger partial charge in [0, 0.05) is 44.6 Å².